The first-order valence-electron chi connectivity index (χ1n) is 5.71. The van der Waals surface area contributed by atoms with E-state index in [1.165, 1.54) is 6.20 Å². The van der Waals surface area contributed by atoms with Crippen LogP contribution in [-0.2, 0) is 6.54 Å². The minimum Gasteiger partial charge on any atom is -0.398 e. The molecule has 3 N–H and O–H groups in total. The number of nitrogens with one attached hydrogen (secondary N) is 1. The Morgan fingerprint density at radius 1 is 1.39 bits per heavy atom. The molecule has 6 heteroatoms. The summed E-state index contributed by atoms with van der Waals surface area (Å²) in [4.78, 5) is 19.6. The first kappa shape index (κ1) is 12.1. The summed E-state index contributed by atoms with van der Waals surface area (Å²) >= 11 is 0. The van der Waals surface area contributed by atoms with Crippen LogP contribution in [0.5, 0.6) is 0 Å². The number of pyridine rings is 1. The Morgan fingerprint density at radius 2 is 2.28 bits per heavy atom. The third-order valence-electron chi connectivity index (χ3n) is 2.54. The molecule has 0 bridgehead atoms. The van der Waals surface area contributed by atoms with Crippen LogP contribution in [0.3, 0.4) is 0 Å². The number of anilines is 1. The number of carbonyl (C=O) groups excluding carboxylic acids is 1. The van der Waals surface area contributed by atoms with Gasteiger partial charge in [-0.15, -0.1) is 0 Å². The standard InChI is InChI=1S/C12H15N5O/c13-11-2-4-14-8-10(11)12(18)16-3-1-6-17-7-5-15-9-17/h2,4-5,7-9H,1,3,6H2,(H2,13,14)(H,16,18). The highest BCUT2D eigenvalue weighted by atomic mass is 16.1. The zero-order chi connectivity index (χ0) is 12.8. The molecule has 0 saturated carbocycles. The van der Waals surface area contributed by atoms with Crippen LogP contribution in [0.25, 0.3) is 0 Å². The molecule has 2 aromatic heterocycles. The van der Waals surface area contributed by atoms with Gasteiger partial charge in [0.1, 0.15) is 0 Å². The van der Waals surface area contributed by atoms with Crippen molar-refractivity contribution < 1.29 is 4.79 Å². The molecule has 1 amide bonds. The zero-order valence-corrected chi connectivity index (χ0v) is 9.91. The van der Waals surface area contributed by atoms with Crippen molar-refractivity contribution in [1.29, 1.82) is 0 Å². The van der Waals surface area contributed by atoms with E-state index in [1.54, 1.807) is 24.8 Å². The van der Waals surface area contributed by atoms with Crippen LogP contribution in [0.2, 0.25) is 0 Å². The molecule has 0 unspecified atom stereocenters. The van der Waals surface area contributed by atoms with Gasteiger partial charge < -0.3 is 15.6 Å². The Labute approximate surface area is 105 Å². The molecule has 0 fully saturated rings. The van der Waals surface area contributed by atoms with Crippen LogP contribution < -0.4 is 11.1 Å². The van der Waals surface area contributed by atoms with E-state index < -0.39 is 0 Å². The fraction of sp³-hybridized carbons (Fsp3) is 0.250. The Bertz CT molecular complexity index is 509. The highest BCUT2D eigenvalue weighted by molar-refractivity contribution is 5.98. The van der Waals surface area contributed by atoms with Gasteiger partial charge in [-0.2, -0.15) is 0 Å². The predicted molar refractivity (Wildman–Crippen MR) is 67.8 cm³/mol. The van der Waals surface area contributed by atoms with E-state index in [4.69, 9.17) is 5.73 Å². The maximum atomic E-state index is 11.8. The summed E-state index contributed by atoms with van der Waals surface area (Å²) in [5.41, 5.74) is 6.55. The quantitative estimate of drug-likeness (QED) is 0.758. The van der Waals surface area contributed by atoms with Gasteiger partial charge in [0.15, 0.2) is 0 Å². The summed E-state index contributed by atoms with van der Waals surface area (Å²) in [5, 5.41) is 2.81. The van der Waals surface area contributed by atoms with E-state index in [0.29, 0.717) is 17.8 Å². The second-order valence-electron chi connectivity index (χ2n) is 3.87. The van der Waals surface area contributed by atoms with E-state index in [-0.39, 0.29) is 5.91 Å². The Balaban J connectivity index is 1.77. The molecule has 2 aromatic rings. The predicted octanol–water partition coefficient (Wildman–Crippen LogP) is 0.680. The molecule has 6 nitrogen and oxygen atoms in total. The third kappa shape index (κ3) is 3.07. The summed E-state index contributed by atoms with van der Waals surface area (Å²) < 4.78 is 1.96. The van der Waals surface area contributed by atoms with E-state index >= 15 is 0 Å². The zero-order valence-electron chi connectivity index (χ0n) is 9.91. The summed E-state index contributed by atoms with van der Waals surface area (Å²) in [5.74, 6) is -0.189. The van der Waals surface area contributed by atoms with Crippen molar-refractivity contribution in [2.75, 3.05) is 12.3 Å². The number of aromatic nitrogens is 3. The number of nitrogens with zero attached hydrogens (tertiary/aromatic N) is 3. The first-order valence-corrected chi connectivity index (χ1v) is 5.71. The second-order valence-corrected chi connectivity index (χ2v) is 3.87. The number of nitrogens with two attached hydrogens (primary N) is 1. The Morgan fingerprint density at radius 3 is 3.00 bits per heavy atom. The monoisotopic (exact) mass is 245 g/mol. The van der Waals surface area contributed by atoms with Crippen molar-refractivity contribution in [2.24, 2.45) is 0 Å². The minimum absolute atomic E-state index is 0.189. The molecule has 2 heterocycles. The van der Waals surface area contributed by atoms with Gasteiger partial charge in [-0.3, -0.25) is 9.78 Å². The highest BCUT2D eigenvalue weighted by Crippen LogP contribution is 2.07. The lowest BCUT2D eigenvalue weighted by Crippen LogP contribution is -2.26. The number of carbonyl (C=O) groups is 1. The van der Waals surface area contributed by atoms with E-state index in [2.05, 4.69) is 15.3 Å². The lowest BCUT2D eigenvalue weighted by atomic mass is 10.2. The molecule has 2 rings (SSSR count). The highest BCUT2D eigenvalue weighted by Gasteiger charge is 2.08. The number of aryl methyl sites for hydroxylation is 1. The molecular weight excluding hydrogens is 230 g/mol. The van der Waals surface area contributed by atoms with Gasteiger partial charge in [-0.05, 0) is 12.5 Å². The summed E-state index contributed by atoms with van der Waals surface area (Å²) in [7, 11) is 0. The van der Waals surface area contributed by atoms with Crippen LogP contribution in [0, 0.1) is 0 Å². The maximum absolute atomic E-state index is 11.8. The number of nitrogen functional groups attached to an aromatic ring is 1. The van der Waals surface area contributed by atoms with Crippen LogP contribution in [0.1, 0.15) is 16.8 Å². The van der Waals surface area contributed by atoms with Crippen LogP contribution in [-0.4, -0.2) is 27.0 Å². The fourth-order valence-electron chi connectivity index (χ4n) is 1.57. The molecule has 0 radical (unpaired) electrons. The van der Waals surface area contributed by atoms with E-state index in [9.17, 15) is 4.79 Å². The van der Waals surface area contributed by atoms with Crippen molar-refractivity contribution >= 4 is 11.6 Å². The van der Waals surface area contributed by atoms with Gasteiger partial charge in [-0.25, -0.2) is 4.98 Å². The number of hydrogen-bond donors (Lipinski definition) is 2. The van der Waals surface area contributed by atoms with Gasteiger partial charge in [0, 0.05) is 43.6 Å². The SMILES string of the molecule is Nc1ccncc1C(=O)NCCCn1ccnc1. The summed E-state index contributed by atoms with van der Waals surface area (Å²) in [6.45, 7) is 1.41. The van der Waals surface area contributed by atoms with Crippen molar-refractivity contribution in [3.63, 3.8) is 0 Å². The average molecular weight is 245 g/mol. The first-order chi connectivity index (χ1) is 8.77. The van der Waals surface area contributed by atoms with Crippen LogP contribution >= 0.6 is 0 Å². The maximum Gasteiger partial charge on any atom is 0.254 e. The lowest BCUT2D eigenvalue weighted by Gasteiger charge is -2.07. The van der Waals surface area contributed by atoms with Crippen LogP contribution in [0.4, 0.5) is 5.69 Å². The van der Waals surface area contributed by atoms with Gasteiger partial charge in [-0.1, -0.05) is 0 Å². The molecule has 0 atom stereocenters. The van der Waals surface area contributed by atoms with Crippen molar-refractivity contribution in [3.05, 3.63) is 42.7 Å². The van der Waals surface area contributed by atoms with Crippen LogP contribution in [0.15, 0.2) is 37.2 Å². The van der Waals surface area contributed by atoms with Crippen molar-refractivity contribution in [1.82, 2.24) is 19.9 Å². The lowest BCUT2D eigenvalue weighted by molar-refractivity contribution is 0.0953. The van der Waals surface area contributed by atoms with Crippen molar-refractivity contribution in [2.45, 2.75) is 13.0 Å². The molecule has 0 saturated heterocycles. The molecule has 18 heavy (non-hydrogen) atoms. The molecule has 0 spiro atoms. The average Bonchev–Trinajstić information content (AvgIpc) is 2.88. The normalized spacial score (nSPS) is 10.2. The molecule has 0 aliphatic carbocycles. The fourth-order valence-corrected chi connectivity index (χ4v) is 1.57. The third-order valence-corrected chi connectivity index (χ3v) is 2.54. The molecule has 0 aliphatic rings. The minimum atomic E-state index is -0.189. The number of hydrogen-bond acceptors (Lipinski definition) is 4. The van der Waals surface area contributed by atoms with E-state index in [0.717, 1.165) is 13.0 Å². The second kappa shape index (κ2) is 5.81. The van der Waals surface area contributed by atoms with Gasteiger partial charge in [0.25, 0.3) is 5.91 Å². The smallest absolute Gasteiger partial charge is 0.254 e. The van der Waals surface area contributed by atoms with E-state index in [1.807, 2.05) is 10.8 Å². The number of amides is 1. The molecule has 0 aromatic carbocycles. The molecular formula is C12H15N5O. The van der Waals surface area contributed by atoms with Gasteiger partial charge >= 0.3 is 0 Å². The molecule has 0 aliphatic heterocycles. The van der Waals surface area contributed by atoms with Gasteiger partial charge in [0.2, 0.25) is 0 Å². The number of rotatable bonds is 5. The number of imidazole rings is 1. The largest absolute Gasteiger partial charge is 0.398 e. The summed E-state index contributed by atoms with van der Waals surface area (Å²) in [6, 6.07) is 1.61. The Hall–Kier alpha value is -2.37. The van der Waals surface area contributed by atoms with Gasteiger partial charge in [0.05, 0.1) is 11.9 Å². The van der Waals surface area contributed by atoms with Crippen molar-refractivity contribution in [3.8, 4) is 0 Å². The topological polar surface area (TPSA) is 85.8 Å². The summed E-state index contributed by atoms with van der Waals surface area (Å²) in [6.07, 6.45) is 9.24. The Kier molecular flexibility index (Phi) is 3.90. The molecule has 94 valence electrons.